The molecule has 0 spiro atoms. The first-order valence-electron chi connectivity index (χ1n) is 6.25. The summed E-state index contributed by atoms with van der Waals surface area (Å²) in [5.41, 5.74) is -3.99. The van der Waals surface area contributed by atoms with Gasteiger partial charge in [0.15, 0.2) is 5.41 Å². The van der Waals surface area contributed by atoms with E-state index in [0.29, 0.717) is 6.29 Å². The van der Waals surface area contributed by atoms with Gasteiger partial charge in [-0.2, -0.15) is 21.0 Å². The molecule has 0 amide bonds. The number of carbonyl (C=O) groups is 1. The molecule has 1 saturated carbocycles. The Bertz CT molecular complexity index is 530. The average molecular weight is 270 g/mol. The first kappa shape index (κ1) is 15.6. The molecule has 6 nitrogen and oxygen atoms in total. The second kappa shape index (κ2) is 5.70. The summed E-state index contributed by atoms with van der Waals surface area (Å²) in [7, 11) is 0. The van der Waals surface area contributed by atoms with E-state index in [1.165, 1.54) is 0 Å². The molecule has 0 aromatic carbocycles. The SMILES string of the molecule is CCOC1CC(C)C(C=O)C(C#N)(C#N)C1(C#N)C#N. The minimum absolute atomic E-state index is 0.251. The molecule has 0 saturated heterocycles. The van der Waals surface area contributed by atoms with Crippen molar-refractivity contribution in [3.05, 3.63) is 0 Å². The van der Waals surface area contributed by atoms with Gasteiger partial charge < -0.3 is 9.53 Å². The van der Waals surface area contributed by atoms with E-state index in [4.69, 9.17) is 4.74 Å². The Morgan fingerprint density at radius 1 is 1.15 bits per heavy atom. The van der Waals surface area contributed by atoms with Crippen molar-refractivity contribution in [3.63, 3.8) is 0 Å². The summed E-state index contributed by atoms with van der Waals surface area (Å²) >= 11 is 0. The van der Waals surface area contributed by atoms with E-state index in [1.54, 1.807) is 38.1 Å². The third-order valence-corrected chi connectivity index (χ3v) is 4.02. The molecule has 1 rings (SSSR count). The zero-order valence-corrected chi connectivity index (χ0v) is 11.3. The van der Waals surface area contributed by atoms with Gasteiger partial charge in [0.2, 0.25) is 5.41 Å². The van der Waals surface area contributed by atoms with Crippen molar-refractivity contribution >= 4 is 6.29 Å². The molecule has 6 heteroatoms. The van der Waals surface area contributed by atoms with Crippen molar-refractivity contribution in [1.29, 1.82) is 21.0 Å². The van der Waals surface area contributed by atoms with Crippen molar-refractivity contribution in [2.75, 3.05) is 6.61 Å². The van der Waals surface area contributed by atoms with Crippen LogP contribution in [0, 0.1) is 68.0 Å². The van der Waals surface area contributed by atoms with E-state index in [2.05, 4.69) is 0 Å². The number of ether oxygens (including phenoxy) is 1. The smallest absolute Gasteiger partial charge is 0.201 e. The molecule has 0 bridgehead atoms. The van der Waals surface area contributed by atoms with Gasteiger partial charge in [-0.15, -0.1) is 0 Å². The lowest BCUT2D eigenvalue weighted by Crippen LogP contribution is -2.58. The highest BCUT2D eigenvalue weighted by Crippen LogP contribution is 2.55. The first-order valence-corrected chi connectivity index (χ1v) is 6.25. The van der Waals surface area contributed by atoms with Gasteiger partial charge in [0.05, 0.1) is 36.3 Å². The maximum Gasteiger partial charge on any atom is 0.201 e. The predicted octanol–water partition coefficient (Wildman–Crippen LogP) is 1.31. The van der Waals surface area contributed by atoms with Gasteiger partial charge in [-0.05, 0) is 19.3 Å². The third-order valence-electron chi connectivity index (χ3n) is 4.02. The minimum Gasteiger partial charge on any atom is -0.376 e. The lowest BCUT2D eigenvalue weighted by molar-refractivity contribution is -0.127. The van der Waals surface area contributed by atoms with Gasteiger partial charge in [-0.3, -0.25) is 0 Å². The molecule has 3 unspecified atom stereocenters. The molecule has 20 heavy (non-hydrogen) atoms. The van der Waals surface area contributed by atoms with Crippen LogP contribution in [-0.2, 0) is 9.53 Å². The summed E-state index contributed by atoms with van der Waals surface area (Å²) in [6, 6.07) is 7.10. The third kappa shape index (κ3) is 1.75. The topological polar surface area (TPSA) is 121 Å². The number of nitrogens with zero attached hydrogens (tertiary/aromatic N) is 4. The molecule has 0 aromatic rings. The first-order chi connectivity index (χ1) is 9.53. The average Bonchev–Trinajstić information content (AvgIpc) is 2.47. The summed E-state index contributed by atoms with van der Waals surface area (Å²) in [6.07, 6.45) is -0.0837. The number of nitriles is 4. The molecule has 0 radical (unpaired) electrons. The second-order valence-electron chi connectivity index (χ2n) is 4.88. The Morgan fingerprint density at radius 2 is 1.65 bits per heavy atom. The largest absolute Gasteiger partial charge is 0.376 e. The highest BCUT2D eigenvalue weighted by atomic mass is 16.5. The number of hydrogen-bond acceptors (Lipinski definition) is 6. The maximum atomic E-state index is 11.3. The highest BCUT2D eigenvalue weighted by molar-refractivity contribution is 5.62. The molecule has 1 fully saturated rings. The normalized spacial score (nSPS) is 30.0. The summed E-state index contributed by atoms with van der Waals surface area (Å²) < 4.78 is 5.44. The van der Waals surface area contributed by atoms with Crippen molar-refractivity contribution in [2.45, 2.75) is 26.4 Å². The minimum atomic E-state index is -2.02. The van der Waals surface area contributed by atoms with Crippen LogP contribution >= 0.6 is 0 Å². The van der Waals surface area contributed by atoms with Gasteiger partial charge in [0.25, 0.3) is 0 Å². The number of rotatable bonds is 3. The molecule has 3 atom stereocenters. The van der Waals surface area contributed by atoms with Gasteiger partial charge in [-0.25, -0.2) is 0 Å². The molecule has 1 aliphatic carbocycles. The summed E-state index contributed by atoms with van der Waals surface area (Å²) in [4.78, 5) is 11.3. The van der Waals surface area contributed by atoms with Crippen molar-refractivity contribution in [3.8, 4) is 24.3 Å². The number of hydrogen-bond donors (Lipinski definition) is 0. The zero-order chi connectivity index (χ0) is 15.4. The molecule has 0 aromatic heterocycles. The van der Waals surface area contributed by atoms with E-state index in [-0.39, 0.29) is 18.9 Å². The van der Waals surface area contributed by atoms with E-state index < -0.39 is 22.9 Å². The van der Waals surface area contributed by atoms with Gasteiger partial charge >= 0.3 is 0 Å². The fraction of sp³-hybridized carbons (Fsp3) is 0.643. The van der Waals surface area contributed by atoms with E-state index in [0.717, 1.165) is 0 Å². The monoisotopic (exact) mass is 270 g/mol. The summed E-state index contributed by atoms with van der Waals surface area (Å²) in [5.74, 6) is -1.31. The van der Waals surface area contributed by atoms with Crippen molar-refractivity contribution < 1.29 is 9.53 Å². The Balaban J connectivity index is 3.63. The zero-order valence-electron chi connectivity index (χ0n) is 11.3. The van der Waals surface area contributed by atoms with Gasteiger partial charge in [0.1, 0.15) is 6.29 Å². The molecular formula is C14H14N4O2. The summed E-state index contributed by atoms with van der Waals surface area (Å²) in [5, 5.41) is 37.8. The predicted molar refractivity (Wildman–Crippen MR) is 66.1 cm³/mol. The molecule has 102 valence electrons. The van der Waals surface area contributed by atoms with Gasteiger partial charge in [-0.1, -0.05) is 6.92 Å². The van der Waals surface area contributed by atoms with Crippen LogP contribution in [0.5, 0.6) is 0 Å². The Morgan fingerprint density at radius 3 is 2.00 bits per heavy atom. The van der Waals surface area contributed by atoms with Gasteiger partial charge in [0, 0.05) is 6.61 Å². The molecule has 0 aliphatic heterocycles. The Labute approximate surface area is 117 Å². The van der Waals surface area contributed by atoms with Crippen LogP contribution in [0.2, 0.25) is 0 Å². The van der Waals surface area contributed by atoms with E-state index in [9.17, 15) is 25.8 Å². The van der Waals surface area contributed by atoms with Crippen LogP contribution in [0.15, 0.2) is 0 Å². The van der Waals surface area contributed by atoms with Crippen molar-refractivity contribution in [1.82, 2.24) is 0 Å². The molecule has 1 aliphatic rings. The van der Waals surface area contributed by atoms with Crippen LogP contribution in [0.1, 0.15) is 20.3 Å². The number of carbonyl (C=O) groups excluding carboxylic acids is 1. The lowest BCUT2D eigenvalue weighted by Gasteiger charge is -2.47. The highest BCUT2D eigenvalue weighted by Gasteiger charge is 2.67. The van der Waals surface area contributed by atoms with Crippen LogP contribution in [0.3, 0.4) is 0 Å². The van der Waals surface area contributed by atoms with E-state index >= 15 is 0 Å². The standard InChI is InChI=1S/C14H14N4O2/c1-3-20-12-4-10(2)11(5-19)13(6-15,7-16)14(12,8-17)9-18/h5,10-12H,3-4H2,1-2H3. The quantitative estimate of drug-likeness (QED) is 0.712. The lowest BCUT2D eigenvalue weighted by atomic mass is 9.50. The maximum absolute atomic E-state index is 11.3. The van der Waals surface area contributed by atoms with Crippen LogP contribution in [-0.4, -0.2) is 19.0 Å². The molecular weight excluding hydrogens is 256 g/mol. The molecule has 0 heterocycles. The summed E-state index contributed by atoms with van der Waals surface area (Å²) in [6.45, 7) is 3.67. The fourth-order valence-corrected chi connectivity index (χ4v) is 2.93. The van der Waals surface area contributed by atoms with Crippen LogP contribution < -0.4 is 0 Å². The van der Waals surface area contributed by atoms with Crippen LogP contribution in [0.25, 0.3) is 0 Å². The molecule has 0 N–H and O–H groups in total. The Kier molecular flexibility index (Phi) is 4.46. The van der Waals surface area contributed by atoms with Crippen molar-refractivity contribution in [2.24, 2.45) is 22.7 Å². The van der Waals surface area contributed by atoms with Crippen LogP contribution in [0.4, 0.5) is 0 Å². The number of aldehydes is 1. The fourth-order valence-electron chi connectivity index (χ4n) is 2.93. The Hall–Kier alpha value is -2.41. The van der Waals surface area contributed by atoms with E-state index in [1.807, 2.05) is 0 Å². The second-order valence-corrected chi connectivity index (χ2v) is 4.88.